The van der Waals surface area contributed by atoms with Gasteiger partial charge in [-0.3, -0.25) is 57.7 Å². The second-order valence-corrected chi connectivity index (χ2v) is 20.1. The molecular weight excluding hydrogens is 1100 g/mol. The highest BCUT2D eigenvalue weighted by atomic mass is 16.4. The molecule has 0 saturated carbocycles. The fraction of sp³-hybridized carbons (Fsp3) is 0.491. The van der Waals surface area contributed by atoms with E-state index in [1.54, 1.807) is 74.6 Å². The number of aliphatic hydroxyl groups excluding tert-OH is 2. The third-order valence-corrected chi connectivity index (χ3v) is 12.8. The maximum absolute atomic E-state index is 14.3. The molecule has 460 valence electrons. The quantitative estimate of drug-likeness (QED) is 0.0147. The Bertz CT molecular complexity index is 2830. The normalized spacial score (nSPS) is 14.7. The van der Waals surface area contributed by atoms with Gasteiger partial charge in [0.2, 0.25) is 53.2 Å². The van der Waals surface area contributed by atoms with E-state index in [0.29, 0.717) is 22.0 Å². The molecule has 0 saturated heterocycles. The van der Waals surface area contributed by atoms with Gasteiger partial charge in [-0.1, -0.05) is 62.4 Å². The summed E-state index contributed by atoms with van der Waals surface area (Å²) in [5.41, 5.74) is 23.6. The molecule has 22 N–H and O–H groups in total. The van der Waals surface area contributed by atoms with Crippen LogP contribution in [0.3, 0.4) is 0 Å². The monoisotopic (exact) mass is 1180 g/mol. The van der Waals surface area contributed by atoms with Crippen LogP contribution in [0.2, 0.25) is 0 Å². The number of aliphatic carboxylic acids is 3. The van der Waals surface area contributed by atoms with Crippen LogP contribution >= 0.6 is 0 Å². The van der Waals surface area contributed by atoms with Crippen molar-refractivity contribution in [2.24, 2.45) is 33.8 Å². The van der Waals surface area contributed by atoms with Crippen molar-refractivity contribution in [1.82, 2.24) is 47.5 Å². The minimum Gasteiger partial charge on any atom is -0.481 e. The maximum atomic E-state index is 14.3. The fourth-order valence-corrected chi connectivity index (χ4v) is 8.36. The van der Waals surface area contributed by atoms with E-state index < -0.39 is 163 Å². The van der Waals surface area contributed by atoms with Gasteiger partial charge >= 0.3 is 17.9 Å². The number of benzene rings is 2. The lowest BCUT2D eigenvalue weighted by molar-refractivity contribution is -0.143. The van der Waals surface area contributed by atoms with Crippen molar-refractivity contribution < 1.29 is 83.1 Å². The number of carboxylic acids is 3. The predicted octanol–water partition coefficient (Wildman–Crippen LogP) is -4.68. The standard InChI is InChI=1S/C53H76N14O17/c1-26(2)20-35(62-49(80)37(23-42(73)74)63-45(76)34(16-18-41(71)72)60-44(75)31(54)15-17-40(55)70)47(78)61-33(14-9-19-58-53(56)57)46(77)67-43(27(3)69)51(82)64-36(21-28-10-5-4-6-11-28)48(79)66-39(25-68)50(81)65-38(52(83)84)22-29-24-59-32-13-8-7-12-30(29)32/h4-8,10-13,24,26-27,31,33-39,43,59,68-69H,9,14-23,25,54H2,1-3H3,(H2,55,70)(H,60,75)(H,61,78)(H,62,80)(H,63,76)(H,64,82)(H,65,81)(H,66,79)(H,67,77)(H,71,72)(H,73,74)(H,83,84)(H4,56,57,58)/t27-,31+,33+,34+,35+,36+,37+,38+,39+,43+/m1/s1. The number of carboxylic acid groups (broad SMARTS) is 3. The van der Waals surface area contributed by atoms with Crippen LogP contribution in [0.4, 0.5) is 0 Å². The van der Waals surface area contributed by atoms with Crippen molar-refractivity contribution >= 4 is 87.9 Å². The summed E-state index contributed by atoms with van der Waals surface area (Å²) < 4.78 is 0. The molecule has 0 unspecified atom stereocenters. The first-order chi connectivity index (χ1) is 39.6. The number of para-hydroxylation sites is 1. The van der Waals surface area contributed by atoms with Gasteiger partial charge in [-0.25, -0.2) is 4.79 Å². The van der Waals surface area contributed by atoms with Crippen LogP contribution in [0, 0.1) is 5.92 Å². The van der Waals surface area contributed by atoms with Gasteiger partial charge in [-0.2, -0.15) is 0 Å². The van der Waals surface area contributed by atoms with Gasteiger partial charge in [0.15, 0.2) is 5.96 Å². The Morgan fingerprint density at radius 2 is 1.08 bits per heavy atom. The van der Waals surface area contributed by atoms with Crippen molar-refractivity contribution in [2.45, 2.75) is 145 Å². The number of primary amides is 1. The summed E-state index contributed by atoms with van der Waals surface area (Å²) in [4.78, 5) is 165. The SMILES string of the molecule is CC(C)C[C@H](NC(=O)[C@H](CC(=O)O)NC(=O)[C@H](CCC(=O)O)NC(=O)[C@@H](N)CCC(N)=O)C(=O)N[C@@H](CCCN=C(N)N)C(=O)N[C@H](C(=O)N[C@@H](Cc1ccccc1)C(=O)N[C@@H](CO)C(=O)N[C@@H](Cc1c[nH]c2ccccc12)C(=O)O)[C@@H](C)O. The molecule has 0 spiro atoms. The maximum Gasteiger partial charge on any atom is 0.326 e. The summed E-state index contributed by atoms with van der Waals surface area (Å²) >= 11 is 0. The number of aromatic amines is 1. The van der Waals surface area contributed by atoms with Crippen LogP contribution in [0.25, 0.3) is 10.9 Å². The molecule has 31 heteroatoms. The number of carbonyl (C=O) groups excluding carboxylic acids is 9. The summed E-state index contributed by atoms with van der Waals surface area (Å²) in [6.45, 7) is 3.29. The molecule has 0 aliphatic heterocycles. The Morgan fingerprint density at radius 1 is 0.560 bits per heavy atom. The summed E-state index contributed by atoms with van der Waals surface area (Å²) in [7, 11) is 0. The van der Waals surface area contributed by atoms with Gasteiger partial charge in [-0.15, -0.1) is 0 Å². The van der Waals surface area contributed by atoms with Gasteiger partial charge in [-0.05, 0) is 62.1 Å². The highest BCUT2D eigenvalue weighted by Gasteiger charge is 2.37. The number of amides is 9. The minimum absolute atomic E-state index is 0.0134. The zero-order valence-corrected chi connectivity index (χ0v) is 46.5. The molecular formula is C53H76N14O17. The zero-order valence-electron chi connectivity index (χ0n) is 46.5. The molecule has 0 radical (unpaired) electrons. The topological polar surface area (TPSA) is 534 Å². The first-order valence-electron chi connectivity index (χ1n) is 26.7. The highest BCUT2D eigenvalue weighted by Crippen LogP contribution is 2.20. The Balaban J connectivity index is 1.89. The molecule has 0 fully saturated rings. The number of aliphatic hydroxyl groups is 2. The van der Waals surface area contributed by atoms with Crippen molar-refractivity contribution in [2.75, 3.05) is 13.2 Å². The number of nitrogens with two attached hydrogens (primary N) is 4. The molecule has 2 aromatic carbocycles. The smallest absolute Gasteiger partial charge is 0.326 e. The van der Waals surface area contributed by atoms with E-state index in [2.05, 4.69) is 52.5 Å². The summed E-state index contributed by atoms with van der Waals surface area (Å²) in [5.74, 6) is -14.9. The van der Waals surface area contributed by atoms with Gasteiger partial charge in [0.25, 0.3) is 0 Å². The largest absolute Gasteiger partial charge is 0.481 e. The van der Waals surface area contributed by atoms with Gasteiger partial charge in [0, 0.05) is 49.3 Å². The van der Waals surface area contributed by atoms with Gasteiger partial charge in [0.1, 0.15) is 48.3 Å². The Kier molecular flexibility index (Phi) is 28.2. The van der Waals surface area contributed by atoms with Crippen LogP contribution in [0.15, 0.2) is 65.8 Å². The van der Waals surface area contributed by atoms with E-state index >= 15 is 0 Å². The molecule has 0 bridgehead atoms. The minimum atomic E-state index is -1.97. The lowest BCUT2D eigenvalue weighted by Crippen LogP contribution is -2.62. The third-order valence-electron chi connectivity index (χ3n) is 12.8. The molecule has 1 aromatic heterocycles. The summed E-state index contributed by atoms with van der Waals surface area (Å²) in [6.07, 6.45) is -4.00. The second-order valence-electron chi connectivity index (χ2n) is 20.1. The second kappa shape index (κ2) is 34.3. The van der Waals surface area contributed by atoms with Crippen LogP contribution < -0.4 is 65.5 Å². The number of aromatic nitrogens is 1. The molecule has 0 aliphatic carbocycles. The lowest BCUT2D eigenvalue weighted by Gasteiger charge is -2.29. The summed E-state index contributed by atoms with van der Waals surface area (Å²) in [6, 6.07) is 0.131. The van der Waals surface area contributed by atoms with Gasteiger partial charge in [0.05, 0.1) is 25.2 Å². The van der Waals surface area contributed by atoms with E-state index in [0.717, 1.165) is 6.92 Å². The van der Waals surface area contributed by atoms with E-state index in [1.807, 2.05) is 0 Å². The van der Waals surface area contributed by atoms with E-state index in [9.17, 15) is 83.1 Å². The van der Waals surface area contributed by atoms with Crippen LogP contribution in [0.1, 0.15) is 83.3 Å². The molecule has 9 amide bonds. The Hall–Kier alpha value is -9.23. The number of nitrogens with zero attached hydrogens (tertiary/aromatic N) is 1. The highest BCUT2D eigenvalue weighted by molar-refractivity contribution is 5.99. The predicted molar refractivity (Wildman–Crippen MR) is 299 cm³/mol. The first kappa shape index (κ1) is 69.0. The average molecular weight is 1180 g/mol. The van der Waals surface area contributed by atoms with E-state index in [1.165, 1.54) is 0 Å². The van der Waals surface area contributed by atoms with Crippen LogP contribution in [-0.2, 0) is 70.4 Å². The Labute approximate surface area is 481 Å². The van der Waals surface area contributed by atoms with Crippen LogP contribution in [-0.4, -0.2) is 181 Å². The van der Waals surface area contributed by atoms with Crippen molar-refractivity contribution in [3.05, 3.63) is 71.9 Å². The van der Waals surface area contributed by atoms with Crippen LogP contribution in [0.5, 0.6) is 0 Å². The summed E-state index contributed by atoms with van der Waals surface area (Å²) in [5, 5.41) is 69.8. The van der Waals surface area contributed by atoms with Crippen molar-refractivity contribution in [3.63, 3.8) is 0 Å². The van der Waals surface area contributed by atoms with E-state index in [-0.39, 0.29) is 57.5 Å². The molecule has 0 aliphatic rings. The number of hydrogen-bond donors (Lipinski definition) is 18. The molecule has 1 heterocycles. The molecule has 3 aromatic rings. The molecule has 31 nitrogen and oxygen atoms in total. The number of carbonyl (C=O) groups is 12. The molecule has 3 rings (SSSR count). The number of nitrogens with one attached hydrogen (secondary N) is 9. The van der Waals surface area contributed by atoms with Crippen molar-refractivity contribution in [1.29, 1.82) is 0 Å². The van der Waals surface area contributed by atoms with Gasteiger partial charge < -0.3 is 96.0 Å². The fourth-order valence-electron chi connectivity index (χ4n) is 8.36. The average Bonchev–Trinajstić information content (AvgIpc) is 3.66. The van der Waals surface area contributed by atoms with Crippen molar-refractivity contribution in [3.8, 4) is 0 Å². The molecule has 84 heavy (non-hydrogen) atoms. The number of aliphatic imine (C=N–C) groups is 1. The Morgan fingerprint density at radius 3 is 1.68 bits per heavy atom. The first-order valence-corrected chi connectivity index (χ1v) is 26.7. The molecule has 10 atom stereocenters. The number of rotatable bonds is 37. The number of H-pyrrole nitrogens is 1. The number of hydrogen-bond acceptors (Lipinski definition) is 16. The van der Waals surface area contributed by atoms with E-state index in [4.69, 9.17) is 22.9 Å². The lowest BCUT2D eigenvalue weighted by atomic mass is 10.0. The third kappa shape index (κ3) is 23.7. The zero-order chi connectivity index (χ0) is 62.8. The number of guanidine groups is 1. The number of fused-ring (bicyclic) bond motifs is 1.